The summed E-state index contributed by atoms with van der Waals surface area (Å²) in [6, 6.07) is 3.74. The number of H-pyrrole nitrogens is 1. The van der Waals surface area contributed by atoms with Gasteiger partial charge in [0.2, 0.25) is 5.91 Å². The van der Waals surface area contributed by atoms with Gasteiger partial charge < -0.3 is 20.5 Å². The van der Waals surface area contributed by atoms with Crippen LogP contribution in [0.3, 0.4) is 0 Å². The number of pyridine rings is 1. The van der Waals surface area contributed by atoms with Crippen LogP contribution in [-0.4, -0.2) is 49.7 Å². The van der Waals surface area contributed by atoms with Gasteiger partial charge in [0.1, 0.15) is 11.7 Å². The van der Waals surface area contributed by atoms with Gasteiger partial charge >= 0.3 is 5.97 Å². The summed E-state index contributed by atoms with van der Waals surface area (Å²) >= 11 is 0. The molecule has 1 atom stereocenters. The van der Waals surface area contributed by atoms with Crippen LogP contribution in [0.1, 0.15) is 11.3 Å². The molecule has 126 valence electrons. The summed E-state index contributed by atoms with van der Waals surface area (Å²) in [5.41, 5.74) is 0.439. The first-order valence-electron chi connectivity index (χ1n) is 7.06. The zero-order valence-electron chi connectivity index (χ0n) is 12.8. The van der Waals surface area contributed by atoms with Crippen LogP contribution in [0.25, 0.3) is 11.5 Å². The van der Waals surface area contributed by atoms with Crippen LogP contribution in [0.15, 0.2) is 29.2 Å². The minimum absolute atomic E-state index is 0.120. The summed E-state index contributed by atoms with van der Waals surface area (Å²) in [6.45, 7) is 0.832. The number of carboxylic acid groups (broad SMARTS) is 1. The predicted molar refractivity (Wildman–Crippen MR) is 83.2 cm³/mol. The van der Waals surface area contributed by atoms with Gasteiger partial charge in [0.15, 0.2) is 5.82 Å². The van der Waals surface area contributed by atoms with E-state index in [1.165, 1.54) is 0 Å². The van der Waals surface area contributed by atoms with E-state index in [4.69, 9.17) is 10.2 Å². The van der Waals surface area contributed by atoms with E-state index in [9.17, 15) is 14.4 Å². The molecule has 0 aliphatic heterocycles. The van der Waals surface area contributed by atoms with Gasteiger partial charge in [-0.1, -0.05) is 6.07 Å². The van der Waals surface area contributed by atoms with Gasteiger partial charge in [0.05, 0.1) is 13.0 Å². The topological polar surface area (TPSA) is 145 Å². The van der Waals surface area contributed by atoms with Gasteiger partial charge in [0, 0.05) is 17.5 Å². The molecule has 0 aliphatic rings. The van der Waals surface area contributed by atoms with E-state index < -0.39 is 30.1 Å². The van der Waals surface area contributed by atoms with Crippen molar-refractivity contribution in [2.24, 2.45) is 0 Å². The molecule has 0 saturated heterocycles. The lowest BCUT2D eigenvalue weighted by atomic mass is 10.1. The molecular formula is C15H16N4O5. The number of aromatic nitrogens is 3. The fraction of sp³-hybridized carbons (Fsp3) is 0.267. The first-order chi connectivity index (χ1) is 11.4. The SMILES string of the molecule is Cc1nc(-c2ccccn2)[nH]c(=O)c1CC(=O)N[C@@H](CO)C(=O)O. The van der Waals surface area contributed by atoms with E-state index in [-0.39, 0.29) is 17.8 Å². The van der Waals surface area contributed by atoms with Crippen LogP contribution in [-0.2, 0) is 16.0 Å². The molecular weight excluding hydrogens is 316 g/mol. The zero-order valence-corrected chi connectivity index (χ0v) is 12.8. The summed E-state index contributed by atoms with van der Waals surface area (Å²) in [5.74, 6) is -1.78. The fourth-order valence-corrected chi connectivity index (χ4v) is 2.03. The lowest BCUT2D eigenvalue weighted by Crippen LogP contribution is -2.44. The van der Waals surface area contributed by atoms with Crippen molar-refractivity contribution in [3.63, 3.8) is 0 Å². The average molecular weight is 332 g/mol. The molecule has 24 heavy (non-hydrogen) atoms. The highest BCUT2D eigenvalue weighted by Gasteiger charge is 2.20. The van der Waals surface area contributed by atoms with Crippen molar-refractivity contribution < 1.29 is 19.8 Å². The second kappa shape index (κ2) is 7.47. The van der Waals surface area contributed by atoms with Crippen molar-refractivity contribution in [1.29, 1.82) is 0 Å². The Hall–Kier alpha value is -3.07. The Labute approximate surface area is 136 Å². The number of carboxylic acids is 1. The van der Waals surface area contributed by atoms with Crippen LogP contribution >= 0.6 is 0 Å². The number of amides is 1. The third-order valence-corrected chi connectivity index (χ3v) is 3.28. The van der Waals surface area contributed by atoms with Crippen molar-refractivity contribution in [3.8, 4) is 11.5 Å². The molecule has 0 fully saturated rings. The number of nitrogens with one attached hydrogen (secondary N) is 2. The Morgan fingerprint density at radius 1 is 1.38 bits per heavy atom. The lowest BCUT2D eigenvalue weighted by molar-refractivity contribution is -0.142. The molecule has 2 aromatic rings. The summed E-state index contributed by atoms with van der Waals surface area (Å²) in [4.78, 5) is 45.7. The molecule has 1 amide bonds. The monoisotopic (exact) mass is 332 g/mol. The number of aliphatic hydroxyl groups is 1. The minimum Gasteiger partial charge on any atom is -0.480 e. The maximum atomic E-state index is 12.2. The summed E-state index contributed by atoms with van der Waals surface area (Å²) in [5, 5.41) is 19.8. The minimum atomic E-state index is -1.42. The second-order valence-electron chi connectivity index (χ2n) is 5.01. The Morgan fingerprint density at radius 2 is 2.12 bits per heavy atom. The highest BCUT2D eigenvalue weighted by Crippen LogP contribution is 2.11. The summed E-state index contributed by atoms with van der Waals surface area (Å²) in [6.07, 6.45) is 1.22. The van der Waals surface area contributed by atoms with Crippen LogP contribution in [0.4, 0.5) is 0 Å². The Balaban J connectivity index is 2.22. The first kappa shape index (κ1) is 17.3. The van der Waals surface area contributed by atoms with Crippen molar-refractivity contribution in [3.05, 3.63) is 46.0 Å². The third kappa shape index (κ3) is 4.02. The molecule has 0 spiro atoms. The number of aliphatic carboxylic acids is 1. The summed E-state index contributed by atoms with van der Waals surface area (Å²) in [7, 11) is 0. The van der Waals surface area contributed by atoms with Gasteiger partial charge in [-0.25, -0.2) is 9.78 Å². The van der Waals surface area contributed by atoms with E-state index >= 15 is 0 Å². The Bertz CT molecular complexity index is 803. The quantitative estimate of drug-likeness (QED) is 0.544. The highest BCUT2D eigenvalue weighted by molar-refractivity contribution is 5.85. The van der Waals surface area contributed by atoms with Crippen molar-refractivity contribution in [1.82, 2.24) is 20.3 Å². The smallest absolute Gasteiger partial charge is 0.328 e. The number of hydrogen-bond acceptors (Lipinski definition) is 6. The number of aliphatic hydroxyl groups excluding tert-OH is 1. The van der Waals surface area contributed by atoms with Gasteiger partial charge in [-0.15, -0.1) is 0 Å². The number of nitrogens with zero attached hydrogens (tertiary/aromatic N) is 2. The van der Waals surface area contributed by atoms with E-state index in [2.05, 4.69) is 20.3 Å². The van der Waals surface area contributed by atoms with Gasteiger partial charge in [-0.3, -0.25) is 14.6 Å². The van der Waals surface area contributed by atoms with Crippen LogP contribution in [0.2, 0.25) is 0 Å². The number of rotatable bonds is 6. The summed E-state index contributed by atoms with van der Waals surface area (Å²) < 4.78 is 0. The van der Waals surface area contributed by atoms with E-state index in [1.54, 1.807) is 31.3 Å². The molecule has 2 heterocycles. The van der Waals surface area contributed by atoms with Gasteiger partial charge in [-0.2, -0.15) is 0 Å². The van der Waals surface area contributed by atoms with Crippen LogP contribution in [0, 0.1) is 6.92 Å². The predicted octanol–water partition coefficient (Wildman–Crippen LogP) is -0.755. The Kier molecular flexibility index (Phi) is 5.38. The number of aromatic amines is 1. The van der Waals surface area contributed by atoms with Crippen molar-refractivity contribution >= 4 is 11.9 Å². The zero-order chi connectivity index (χ0) is 17.7. The average Bonchev–Trinajstić information content (AvgIpc) is 2.56. The second-order valence-corrected chi connectivity index (χ2v) is 5.01. The molecule has 9 heteroatoms. The van der Waals surface area contributed by atoms with Gasteiger partial charge in [-0.05, 0) is 19.1 Å². The Morgan fingerprint density at radius 3 is 2.67 bits per heavy atom. The maximum Gasteiger partial charge on any atom is 0.328 e. The largest absolute Gasteiger partial charge is 0.480 e. The molecule has 2 rings (SSSR count). The lowest BCUT2D eigenvalue weighted by Gasteiger charge is -2.12. The molecule has 2 aromatic heterocycles. The fourth-order valence-electron chi connectivity index (χ4n) is 2.03. The van der Waals surface area contributed by atoms with Crippen molar-refractivity contribution in [2.45, 2.75) is 19.4 Å². The van der Waals surface area contributed by atoms with Gasteiger partial charge in [0.25, 0.3) is 5.56 Å². The third-order valence-electron chi connectivity index (χ3n) is 3.28. The van der Waals surface area contributed by atoms with Crippen molar-refractivity contribution in [2.75, 3.05) is 6.61 Å². The standard InChI is InChI=1S/C15H16N4O5/c1-8-9(6-12(21)18-11(7-20)15(23)24)14(22)19-13(17-8)10-4-2-3-5-16-10/h2-5,11,20H,6-7H2,1H3,(H,18,21)(H,23,24)(H,17,19,22)/t11-/m0/s1. The molecule has 4 N–H and O–H groups in total. The van der Waals surface area contributed by atoms with E-state index in [0.29, 0.717) is 11.4 Å². The molecule has 0 saturated carbocycles. The molecule has 0 unspecified atom stereocenters. The molecule has 0 radical (unpaired) electrons. The highest BCUT2D eigenvalue weighted by atomic mass is 16.4. The number of aryl methyl sites for hydroxylation is 1. The molecule has 0 aliphatic carbocycles. The number of carbonyl (C=O) groups excluding carboxylic acids is 1. The number of hydrogen-bond donors (Lipinski definition) is 4. The molecule has 0 aromatic carbocycles. The maximum absolute atomic E-state index is 12.2. The van der Waals surface area contributed by atoms with Crippen LogP contribution < -0.4 is 10.9 Å². The molecule has 0 bridgehead atoms. The van der Waals surface area contributed by atoms with Crippen LogP contribution in [0.5, 0.6) is 0 Å². The van der Waals surface area contributed by atoms with E-state index in [0.717, 1.165) is 0 Å². The normalized spacial score (nSPS) is 11.8. The van der Waals surface area contributed by atoms with E-state index in [1.807, 2.05) is 0 Å². The molecule has 9 nitrogen and oxygen atoms in total. The number of carbonyl (C=O) groups is 2. The first-order valence-corrected chi connectivity index (χ1v) is 7.06.